The van der Waals surface area contributed by atoms with Crippen LogP contribution in [-0.4, -0.2) is 5.91 Å². The first-order valence-electron chi connectivity index (χ1n) is 6.45. The third-order valence-corrected chi connectivity index (χ3v) is 3.14. The van der Waals surface area contributed by atoms with Crippen LogP contribution in [0.15, 0.2) is 42.5 Å². The normalized spacial score (nSPS) is 10.3. The Bertz CT molecular complexity index is 626. The molecule has 0 aliphatic rings. The van der Waals surface area contributed by atoms with Crippen molar-refractivity contribution in [1.29, 1.82) is 0 Å². The molecule has 2 aromatic carbocycles. The Kier molecular flexibility index (Phi) is 4.35. The summed E-state index contributed by atoms with van der Waals surface area (Å²) in [5.74, 6) is -0.416. The van der Waals surface area contributed by atoms with E-state index in [0.717, 1.165) is 5.56 Å². The second kappa shape index (κ2) is 6.19. The summed E-state index contributed by atoms with van der Waals surface area (Å²) in [5.41, 5.74) is 8.82. The highest BCUT2D eigenvalue weighted by atomic mass is 19.1. The van der Waals surface area contributed by atoms with E-state index in [2.05, 4.69) is 5.32 Å². The molecule has 0 aliphatic carbocycles. The predicted octanol–water partition coefficient (Wildman–Crippen LogP) is 3.29. The van der Waals surface area contributed by atoms with Gasteiger partial charge < -0.3 is 11.1 Å². The molecule has 0 aromatic heterocycles. The molecule has 0 saturated heterocycles. The van der Waals surface area contributed by atoms with E-state index in [1.807, 2.05) is 24.3 Å². The molecule has 0 radical (unpaired) electrons. The lowest BCUT2D eigenvalue weighted by Gasteiger charge is -2.09. The maximum absolute atomic E-state index is 13.0. The van der Waals surface area contributed by atoms with Gasteiger partial charge in [-0.1, -0.05) is 18.2 Å². The van der Waals surface area contributed by atoms with Gasteiger partial charge in [-0.15, -0.1) is 0 Å². The average Bonchev–Trinajstić information content (AvgIpc) is 2.41. The highest BCUT2D eigenvalue weighted by Crippen LogP contribution is 2.17. The monoisotopic (exact) mass is 272 g/mol. The molecule has 0 unspecified atom stereocenters. The van der Waals surface area contributed by atoms with Crippen LogP contribution in [0.25, 0.3) is 0 Å². The summed E-state index contributed by atoms with van der Waals surface area (Å²) >= 11 is 0. The summed E-state index contributed by atoms with van der Waals surface area (Å²) in [4.78, 5) is 11.9. The minimum absolute atomic E-state index is 0.108. The molecule has 3 N–H and O–H groups in total. The molecule has 20 heavy (non-hydrogen) atoms. The third-order valence-electron chi connectivity index (χ3n) is 3.14. The SMILES string of the molecule is Cc1cc(F)ccc1NC(=O)CCc1ccccc1N. The second-order valence-electron chi connectivity index (χ2n) is 4.71. The van der Waals surface area contributed by atoms with Crippen LogP contribution >= 0.6 is 0 Å². The molecule has 0 spiro atoms. The number of benzene rings is 2. The van der Waals surface area contributed by atoms with E-state index in [1.165, 1.54) is 12.1 Å². The number of amides is 1. The number of nitrogens with one attached hydrogen (secondary N) is 1. The molecule has 0 bridgehead atoms. The first kappa shape index (κ1) is 14.1. The minimum atomic E-state index is -0.308. The van der Waals surface area contributed by atoms with Gasteiger partial charge in [0.1, 0.15) is 5.82 Å². The number of hydrogen-bond donors (Lipinski definition) is 2. The number of para-hydroxylation sites is 1. The van der Waals surface area contributed by atoms with Crippen molar-refractivity contribution in [3.63, 3.8) is 0 Å². The van der Waals surface area contributed by atoms with E-state index >= 15 is 0 Å². The molecular formula is C16H17FN2O. The van der Waals surface area contributed by atoms with Crippen LogP contribution in [0.3, 0.4) is 0 Å². The van der Waals surface area contributed by atoms with Gasteiger partial charge >= 0.3 is 0 Å². The van der Waals surface area contributed by atoms with Gasteiger partial charge in [0.15, 0.2) is 0 Å². The lowest BCUT2D eigenvalue weighted by molar-refractivity contribution is -0.116. The summed E-state index contributed by atoms with van der Waals surface area (Å²) in [5, 5.41) is 2.78. The Hall–Kier alpha value is -2.36. The van der Waals surface area contributed by atoms with Crippen LogP contribution in [0.1, 0.15) is 17.5 Å². The quantitative estimate of drug-likeness (QED) is 0.839. The first-order chi connectivity index (χ1) is 9.56. The standard InChI is InChI=1S/C16H17FN2O/c1-11-10-13(17)7-8-15(11)19-16(20)9-6-12-4-2-3-5-14(12)18/h2-5,7-8,10H,6,9,18H2,1H3,(H,19,20). The van der Waals surface area contributed by atoms with Gasteiger partial charge in [-0.3, -0.25) is 4.79 Å². The molecule has 0 saturated carbocycles. The molecule has 0 heterocycles. The molecule has 0 aliphatic heterocycles. The Morgan fingerprint density at radius 3 is 2.70 bits per heavy atom. The van der Waals surface area contributed by atoms with Crippen LogP contribution in [0.2, 0.25) is 0 Å². The molecule has 104 valence electrons. The lowest BCUT2D eigenvalue weighted by atomic mass is 10.1. The van der Waals surface area contributed by atoms with Crippen molar-refractivity contribution in [2.75, 3.05) is 11.1 Å². The molecule has 2 rings (SSSR count). The molecule has 0 fully saturated rings. The topological polar surface area (TPSA) is 55.1 Å². The second-order valence-corrected chi connectivity index (χ2v) is 4.71. The van der Waals surface area contributed by atoms with E-state index in [9.17, 15) is 9.18 Å². The molecule has 1 amide bonds. The number of nitrogens with two attached hydrogens (primary N) is 1. The van der Waals surface area contributed by atoms with Gasteiger partial charge in [-0.25, -0.2) is 4.39 Å². The van der Waals surface area contributed by atoms with Crippen molar-refractivity contribution in [3.8, 4) is 0 Å². The number of aryl methyl sites for hydroxylation is 2. The summed E-state index contributed by atoms with van der Waals surface area (Å²) in [7, 11) is 0. The summed E-state index contributed by atoms with van der Waals surface area (Å²) in [6, 6.07) is 11.8. The molecular weight excluding hydrogens is 255 g/mol. The van der Waals surface area contributed by atoms with Crippen LogP contribution in [0.4, 0.5) is 15.8 Å². The van der Waals surface area contributed by atoms with Gasteiger partial charge in [-0.05, 0) is 48.7 Å². The van der Waals surface area contributed by atoms with E-state index in [0.29, 0.717) is 29.8 Å². The number of hydrogen-bond acceptors (Lipinski definition) is 2. The van der Waals surface area contributed by atoms with Crippen LogP contribution in [0.5, 0.6) is 0 Å². The highest BCUT2D eigenvalue weighted by Gasteiger charge is 2.07. The van der Waals surface area contributed by atoms with Gasteiger partial charge in [0, 0.05) is 17.8 Å². The highest BCUT2D eigenvalue weighted by molar-refractivity contribution is 5.91. The minimum Gasteiger partial charge on any atom is -0.399 e. The number of nitrogen functional groups attached to an aromatic ring is 1. The third kappa shape index (κ3) is 3.57. The van der Waals surface area contributed by atoms with Crippen LogP contribution < -0.4 is 11.1 Å². The molecule has 2 aromatic rings. The van der Waals surface area contributed by atoms with Gasteiger partial charge in [0.25, 0.3) is 0 Å². The van der Waals surface area contributed by atoms with E-state index in [1.54, 1.807) is 13.0 Å². The number of rotatable bonds is 4. The molecule has 3 nitrogen and oxygen atoms in total. The maximum Gasteiger partial charge on any atom is 0.224 e. The van der Waals surface area contributed by atoms with Crippen molar-refractivity contribution in [1.82, 2.24) is 0 Å². The fourth-order valence-corrected chi connectivity index (χ4v) is 1.99. The van der Waals surface area contributed by atoms with Crippen molar-refractivity contribution >= 4 is 17.3 Å². The zero-order chi connectivity index (χ0) is 14.5. The maximum atomic E-state index is 13.0. The van der Waals surface area contributed by atoms with Crippen molar-refractivity contribution in [2.24, 2.45) is 0 Å². The Morgan fingerprint density at radius 1 is 1.25 bits per heavy atom. The summed E-state index contributed by atoms with van der Waals surface area (Å²) < 4.78 is 13.0. The average molecular weight is 272 g/mol. The summed E-state index contributed by atoms with van der Waals surface area (Å²) in [6.45, 7) is 1.76. The predicted molar refractivity (Wildman–Crippen MR) is 78.9 cm³/mol. The summed E-state index contributed by atoms with van der Waals surface area (Å²) in [6.07, 6.45) is 0.920. The zero-order valence-corrected chi connectivity index (χ0v) is 11.3. The van der Waals surface area contributed by atoms with Gasteiger partial charge in [-0.2, -0.15) is 0 Å². The van der Waals surface area contributed by atoms with Crippen molar-refractivity contribution in [3.05, 3.63) is 59.4 Å². The van der Waals surface area contributed by atoms with Crippen molar-refractivity contribution in [2.45, 2.75) is 19.8 Å². The smallest absolute Gasteiger partial charge is 0.224 e. The Labute approximate surface area is 117 Å². The largest absolute Gasteiger partial charge is 0.399 e. The number of carbonyl (C=O) groups excluding carboxylic acids is 1. The zero-order valence-electron chi connectivity index (χ0n) is 11.3. The fourth-order valence-electron chi connectivity index (χ4n) is 1.99. The lowest BCUT2D eigenvalue weighted by Crippen LogP contribution is -2.13. The van der Waals surface area contributed by atoms with Gasteiger partial charge in [0.05, 0.1) is 0 Å². The number of carbonyl (C=O) groups is 1. The Morgan fingerprint density at radius 2 is 2.00 bits per heavy atom. The number of halogens is 1. The van der Waals surface area contributed by atoms with E-state index in [4.69, 9.17) is 5.73 Å². The van der Waals surface area contributed by atoms with E-state index < -0.39 is 0 Å². The van der Waals surface area contributed by atoms with Gasteiger partial charge in [0.2, 0.25) is 5.91 Å². The van der Waals surface area contributed by atoms with Crippen LogP contribution in [-0.2, 0) is 11.2 Å². The molecule has 4 heteroatoms. The fraction of sp³-hybridized carbons (Fsp3) is 0.188. The van der Waals surface area contributed by atoms with Crippen molar-refractivity contribution < 1.29 is 9.18 Å². The number of anilines is 2. The first-order valence-corrected chi connectivity index (χ1v) is 6.45. The molecule has 0 atom stereocenters. The Balaban J connectivity index is 1.94. The van der Waals surface area contributed by atoms with E-state index in [-0.39, 0.29) is 11.7 Å². The van der Waals surface area contributed by atoms with Crippen LogP contribution in [0, 0.1) is 12.7 Å².